The van der Waals surface area contributed by atoms with Crippen LogP contribution in [0.5, 0.6) is 0 Å². The summed E-state index contributed by atoms with van der Waals surface area (Å²) < 4.78 is 0. The van der Waals surface area contributed by atoms with Crippen molar-refractivity contribution in [3.8, 4) is 0 Å². The van der Waals surface area contributed by atoms with E-state index >= 15 is 0 Å². The maximum Gasteiger partial charge on any atom is 0.246 e. The van der Waals surface area contributed by atoms with Crippen LogP contribution < -0.4 is 10.6 Å². The van der Waals surface area contributed by atoms with E-state index in [1.807, 2.05) is 24.3 Å². The molecule has 0 saturated carbocycles. The number of piperidine rings is 1. The Morgan fingerprint density at radius 3 is 2.44 bits per heavy atom. The zero-order valence-electron chi connectivity index (χ0n) is 15.2. The van der Waals surface area contributed by atoms with Crippen LogP contribution in [0.15, 0.2) is 24.3 Å². The van der Waals surface area contributed by atoms with E-state index in [0.29, 0.717) is 17.9 Å². The molecule has 7 nitrogen and oxygen atoms in total. The Kier molecular flexibility index (Phi) is 9.62. The number of likely N-dealkylation sites (N-methyl/N-ethyl adjacent to an activating group) is 1. The highest BCUT2D eigenvalue weighted by atomic mass is 35.5. The highest BCUT2D eigenvalue weighted by Gasteiger charge is 2.28. The van der Waals surface area contributed by atoms with E-state index in [0.717, 1.165) is 37.4 Å². The van der Waals surface area contributed by atoms with Gasteiger partial charge in [-0.15, -0.1) is 29.9 Å². The third-order valence-electron chi connectivity index (χ3n) is 4.99. The predicted molar refractivity (Wildman–Crippen MR) is 114 cm³/mol. The third-order valence-corrected chi connectivity index (χ3v) is 5.24. The molecule has 10 heteroatoms. The SMILES string of the molecule is CN(C1CCN(c2n[nH]c(N)n2)CC1)C(CO)Cc1ccc(Cl)cc1.Cl.Cl. The van der Waals surface area contributed by atoms with Crippen LogP contribution in [0.4, 0.5) is 11.9 Å². The number of aromatic amines is 1. The number of H-pyrrole nitrogens is 1. The van der Waals surface area contributed by atoms with Crippen molar-refractivity contribution in [2.45, 2.75) is 31.3 Å². The topological polar surface area (TPSA) is 94.3 Å². The molecule has 2 aromatic rings. The molecule has 2 heterocycles. The average molecular weight is 438 g/mol. The first kappa shape index (κ1) is 23.8. The van der Waals surface area contributed by atoms with Crippen molar-refractivity contribution in [1.82, 2.24) is 20.1 Å². The number of hydrogen-bond acceptors (Lipinski definition) is 6. The Labute approximate surface area is 177 Å². The highest BCUT2D eigenvalue weighted by Crippen LogP contribution is 2.22. The maximum atomic E-state index is 9.86. The van der Waals surface area contributed by atoms with Gasteiger partial charge in [0, 0.05) is 30.2 Å². The first-order chi connectivity index (χ1) is 12.1. The van der Waals surface area contributed by atoms with E-state index in [9.17, 15) is 5.11 Å². The van der Waals surface area contributed by atoms with Crippen molar-refractivity contribution >= 4 is 48.3 Å². The molecule has 0 bridgehead atoms. The highest BCUT2D eigenvalue weighted by molar-refractivity contribution is 6.30. The van der Waals surface area contributed by atoms with Gasteiger partial charge in [-0.3, -0.25) is 4.90 Å². The molecule has 0 spiro atoms. The van der Waals surface area contributed by atoms with Crippen LogP contribution in [-0.2, 0) is 6.42 Å². The molecule has 1 aliphatic rings. The fraction of sp³-hybridized carbons (Fsp3) is 0.529. The molecular weight excluding hydrogens is 411 g/mol. The van der Waals surface area contributed by atoms with Crippen LogP contribution in [0.1, 0.15) is 18.4 Å². The summed E-state index contributed by atoms with van der Waals surface area (Å²) in [5, 5.41) is 17.4. The van der Waals surface area contributed by atoms with E-state index in [1.54, 1.807) is 0 Å². The molecule has 0 radical (unpaired) electrons. The van der Waals surface area contributed by atoms with Crippen LogP contribution >= 0.6 is 36.4 Å². The predicted octanol–water partition coefficient (Wildman–Crippen LogP) is 2.39. The molecule has 27 heavy (non-hydrogen) atoms. The van der Waals surface area contributed by atoms with Crippen molar-refractivity contribution < 1.29 is 5.11 Å². The molecule has 152 valence electrons. The van der Waals surface area contributed by atoms with Gasteiger partial charge in [0.15, 0.2) is 0 Å². The first-order valence-electron chi connectivity index (χ1n) is 8.57. The lowest BCUT2D eigenvalue weighted by Crippen LogP contribution is -2.49. The number of anilines is 2. The molecule has 1 fully saturated rings. The third kappa shape index (κ3) is 6.12. The second-order valence-corrected chi connectivity index (χ2v) is 7.01. The Morgan fingerprint density at radius 2 is 1.93 bits per heavy atom. The summed E-state index contributed by atoms with van der Waals surface area (Å²) in [5.41, 5.74) is 6.79. The maximum absolute atomic E-state index is 9.86. The average Bonchev–Trinajstić information content (AvgIpc) is 3.07. The zero-order chi connectivity index (χ0) is 17.8. The van der Waals surface area contributed by atoms with Gasteiger partial charge in [0.2, 0.25) is 11.9 Å². The lowest BCUT2D eigenvalue weighted by atomic mass is 9.99. The molecule has 1 unspecified atom stereocenters. The standard InChI is InChI=1S/C17H25ClN6O.2ClH/c1-23(15(11-25)10-12-2-4-13(18)5-3-12)14-6-8-24(9-7-14)17-20-16(19)21-22-17;;/h2-5,14-15,25H,6-11H2,1H3,(H3,19,20,21,22);2*1H. The van der Waals surface area contributed by atoms with Crippen molar-refractivity contribution in [1.29, 1.82) is 0 Å². The number of halogens is 3. The van der Waals surface area contributed by atoms with Gasteiger partial charge >= 0.3 is 0 Å². The lowest BCUT2D eigenvalue weighted by molar-refractivity contribution is 0.0957. The molecular formula is C17H27Cl3N6O. The number of aromatic nitrogens is 3. The fourth-order valence-electron chi connectivity index (χ4n) is 3.41. The van der Waals surface area contributed by atoms with Gasteiger partial charge in [-0.1, -0.05) is 23.7 Å². The number of benzene rings is 1. The molecule has 3 rings (SSSR count). The molecule has 1 aromatic carbocycles. The minimum absolute atomic E-state index is 0. The van der Waals surface area contributed by atoms with Gasteiger partial charge in [-0.2, -0.15) is 4.98 Å². The number of nitrogen functional groups attached to an aromatic ring is 1. The molecule has 4 N–H and O–H groups in total. The fourth-order valence-corrected chi connectivity index (χ4v) is 3.53. The van der Waals surface area contributed by atoms with Gasteiger partial charge in [0.25, 0.3) is 0 Å². The van der Waals surface area contributed by atoms with Crippen molar-refractivity contribution in [2.24, 2.45) is 0 Å². The van der Waals surface area contributed by atoms with Gasteiger partial charge in [-0.05, 0) is 44.0 Å². The molecule has 1 saturated heterocycles. The molecule has 0 aliphatic carbocycles. The number of rotatable bonds is 6. The minimum atomic E-state index is 0. The summed E-state index contributed by atoms with van der Waals surface area (Å²) in [7, 11) is 2.10. The summed E-state index contributed by atoms with van der Waals surface area (Å²) in [6, 6.07) is 8.36. The first-order valence-corrected chi connectivity index (χ1v) is 8.94. The number of aliphatic hydroxyl groups is 1. The Bertz CT molecular complexity index is 676. The largest absolute Gasteiger partial charge is 0.395 e. The molecule has 1 atom stereocenters. The summed E-state index contributed by atoms with van der Waals surface area (Å²) >= 11 is 5.95. The number of nitrogens with zero attached hydrogens (tertiary/aromatic N) is 4. The van der Waals surface area contributed by atoms with Crippen molar-refractivity contribution in [3.05, 3.63) is 34.9 Å². The van der Waals surface area contributed by atoms with E-state index in [4.69, 9.17) is 17.3 Å². The second kappa shape index (κ2) is 10.9. The summed E-state index contributed by atoms with van der Waals surface area (Å²) in [4.78, 5) is 8.64. The van der Waals surface area contributed by atoms with E-state index in [-0.39, 0.29) is 37.5 Å². The summed E-state index contributed by atoms with van der Waals surface area (Å²) in [6.45, 7) is 1.90. The lowest BCUT2D eigenvalue weighted by Gasteiger charge is -2.39. The molecule has 1 aromatic heterocycles. The van der Waals surface area contributed by atoms with Crippen LogP contribution in [-0.4, -0.2) is 64.0 Å². The molecule has 0 amide bonds. The Morgan fingerprint density at radius 1 is 1.30 bits per heavy atom. The number of nitrogens with two attached hydrogens (primary N) is 1. The monoisotopic (exact) mass is 436 g/mol. The van der Waals surface area contributed by atoms with E-state index in [1.165, 1.54) is 5.56 Å². The summed E-state index contributed by atoms with van der Waals surface area (Å²) in [5.74, 6) is 1.01. The van der Waals surface area contributed by atoms with E-state index in [2.05, 4.69) is 32.0 Å². The summed E-state index contributed by atoms with van der Waals surface area (Å²) in [6.07, 6.45) is 2.81. The van der Waals surface area contributed by atoms with Gasteiger partial charge in [0.05, 0.1) is 6.61 Å². The van der Waals surface area contributed by atoms with Crippen molar-refractivity contribution in [3.63, 3.8) is 0 Å². The van der Waals surface area contributed by atoms with Gasteiger partial charge < -0.3 is 15.7 Å². The van der Waals surface area contributed by atoms with Gasteiger partial charge in [0.1, 0.15) is 0 Å². The Hall–Kier alpha value is -1.25. The number of hydrogen-bond donors (Lipinski definition) is 3. The second-order valence-electron chi connectivity index (χ2n) is 6.57. The van der Waals surface area contributed by atoms with Crippen molar-refractivity contribution in [2.75, 3.05) is 37.4 Å². The number of nitrogens with one attached hydrogen (secondary N) is 1. The van der Waals surface area contributed by atoms with Crippen LogP contribution in [0.2, 0.25) is 5.02 Å². The number of aliphatic hydroxyl groups excluding tert-OH is 1. The van der Waals surface area contributed by atoms with E-state index < -0.39 is 0 Å². The normalized spacial score (nSPS) is 15.9. The van der Waals surface area contributed by atoms with Crippen LogP contribution in [0.3, 0.4) is 0 Å². The quantitative estimate of drug-likeness (QED) is 0.642. The Balaban J connectivity index is 0.00000182. The van der Waals surface area contributed by atoms with Gasteiger partial charge in [-0.25, -0.2) is 5.10 Å². The van der Waals surface area contributed by atoms with Crippen LogP contribution in [0.25, 0.3) is 0 Å². The minimum Gasteiger partial charge on any atom is -0.395 e. The smallest absolute Gasteiger partial charge is 0.246 e. The zero-order valence-corrected chi connectivity index (χ0v) is 17.6. The van der Waals surface area contributed by atoms with Crippen LogP contribution in [0, 0.1) is 0 Å². The molecule has 1 aliphatic heterocycles.